The van der Waals surface area contributed by atoms with Crippen LogP contribution in [0.1, 0.15) is 23.0 Å². The number of carbonyl (C=O) groups excluding carboxylic acids is 1. The predicted molar refractivity (Wildman–Crippen MR) is 64.3 cm³/mol. The number of benzene rings is 1. The highest BCUT2D eigenvalue weighted by Gasteiger charge is 2.13. The standard InChI is InChI=1S/C13H10F2OS/c1-2-10(16)12-7-6-11(17-12)8-4-3-5-9(14)13(8)15/h3-7H,2H2,1H3. The molecule has 17 heavy (non-hydrogen) atoms. The van der Waals surface area contributed by atoms with Gasteiger partial charge in [0.25, 0.3) is 0 Å². The molecule has 0 aliphatic carbocycles. The van der Waals surface area contributed by atoms with E-state index in [2.05, 4.69) is 0 Å². The summed E-state index contributed by atoms with van der Waals surface area (Å²) >= 11 is 1.19. The zero-order valence-electron chi connectivity index (χ0n) is 9.17. The number of ketones is 1. The minimum Gasteiger partial charge on any atom is -0.293 e. The van der Waals surface area contributed by atoms with Crippen molar-refractivity contribution in [2.45, 2.75) is 13.3 Å². The van der Waals surface area contributed by atoms with Crippen molar-refractivity contribution in [3.8, 4) is 10.4 Å². The summed E-state index contributed by atoms with van der Waals surface area (Å²) in [7, 11) is 0. The monoisotopic (exact) mass is 252 g/mol. The average molecular weight is 252 g/mol. The van der Waals surface area contributed by atoms with Gasteiger partial charge in [0.15, 0.2) is 17.4 Å². The Morgan fingerprint density at radius 2 is 2.00 bits per heavy atom. The van der Waals surface area contributed by atoms with Gasteiger partial charge >= 0.3 is 0 Å². The summed E-state index contributed by atoms with van der Waals surface area (Å²) in [5.41, 5.74) is 0.199. The lowest BCUT2D eigenvalue weighted by Crippen LogP contribution is -1.90. The first-order valence-electron chi connectivity index (χ1n) is 5.21. The third-order valence-corrected chi connectivity index (χ3v) is 3.58. The van der Waals surface area contributed by atoms with Gasteiger partial charge in [-0.15, -0.1) is 11.3 Å². The van der Waals surface area contributed by atoms with E-state index in [-0.39, 0.29) is 11.3 Å². The Kier molecular flexibility index (Phi) is 3.33. The molecular formula is C13H10F2OS. The molecule has 0 aliphatic rings. The first-order chi connectivity index (χ1) is 8.13. The van der Waals surface area contributed by atoms with Gasteiger partial charge in [-0.1, -0.05) is 19.1 Å². The molecule has 0 radical (unpaired) electrons. The van der Waals surface area contributed by atoms with Crippen LogP contribution in [0.25, 0.3) is 10.4 Å². The number of Topliss-reactive ketones (excluding diaryl/α,β-unsaturated/α-hetero) is 1. The van der Waals surface area contributed by atoms with Gasteiger partial charge in [-0.3, -0.25) is 4.79 Å². The van der Waals surface area contributed by atoms with Crippen LogP contribution in [-0.2, 0) is 0 Å². The molecular weight excluding hydrogens is 242 g/mol. The SMILES string of the molecule is CCC(=O)c1ccc(-c2cccc(F)c2F)s1. The van der Waals surface area contributed by atoms with Crippen molar-refractivity contribution in [3.05, 3.63) is 46.8 Å². The van der Waals surface area contributed by atoms with Crippen LogP contribution in [0.5, 0.6) is 0 Å². The first-order valence-corrected chi connectivity index (χ1v) is 6.02. The van der Waals surface area contributed by atoms with Crippen molar-refractivity contribution in [1.82, 2.24) is 0 Å². The Labute approximate surface area is 102 Å². The van der Waals surface area contributed by atoms with Crippen LogP contribution < -0.4 is 0 Å². The molecule has 0 aliphatic heterocycles. The Morgan fingerprint density at radius 3 is 2.71 bits per heavy atom. The van der Waals surface area contributed by atoms with Crippen LogP contribution in [0.4, 0.5) is 8.78 Å². The van der Waals surface area contributed by atoms with Gasteiger partial charge in [0.2, 0.25) is 0 Å². The molecule has 1 heterocycles. The Bertz CT molecular complexity index is 560. The van der Waals surface area contributed by atoms with Crippen molar-refractivity contribution < 1.29 is 13.6 Å². The Balaban J connectivity index is 2.44. The molecule has 0 N–H and O–H groups in total. The lowest BCUT2D eigenvalue weighted by molar-refractivity contribution is 0.0992. The molecule has 4 heteroatoms. The molecule has 1 aromatic heterocycles. The van der Waals surface area contributed by atoms with Gasteiger partial charge in [-0.2, -0.15) is 0 Å². The number of halogens is 2. The highest BCUT2D eigenvalue weighted by molar-refractivity contribution is 7.17. The van der Waals surface area contributed by atoms with E-state index >= 15 is 0 Å². The van der Waals surface area contributed by atoms with Gasteiger partial charge in [0, 0.05) is 16.9 Å². The van der Waals surface area contributed by atoms with Crippen LogP contribution in [0.15, 0.2) is 30.3 Å². The molecule has 0 atom stereocenters. The summed E-state index contributed by atoms with van der Waals surface area (Å²) in [6.45, 7) is 1.77. The summed E-state index contributed by atoms with van der Waals surface area (Å²) in [5.74, 6) is -1.73. The molecule has 0 saturated carbocycles. The Hall–Kier alpha value is -1.55. The van der Waals surface area contributed by atoms with E-state index in [1.54, 1.807) is 19.1 Å². The van der Waals surface area contributed by atoms with Gasteiger partial charge in [-0.25, -0.2) is 8.78 Å². The Morgan fingerprint density at radius 1 is 1.24 bits per heavy atom. The predicted octanol–water partition coefficient (Wildman–Crippen LogP) is 4.29. The minimum atomic E-state index is -0.876. The summed E-state index contributed by atoms with van der Waals surface area (Å²) in [4.78, 5) is 12.6. The molecule has 2 aromatic rings. The van der Waals surface area contributed by atoms with Crippen LogP contribution in [0, 0.1) is 11.6 Å². The zero-order chi connectivity index (χ0) is 12.4. The lowest BCUT2D eigenvalue weighted by atomic mass is 10.1. The van der Waals surface area contributed by atoms with Crippen molar-refractivity contribution in [2.75, 3.05) is 0 Å². The van der Waals surface area contributed by atoms with E-state index in [1.165, 1.54) is 23.5 Å². The number of hydrogen-bond acceptors (Lipinski definition) is 2. The second-order valence-electron chi connectivity index (χ2n) is 3.54. The summed E-state index contributed by atoms with van der Waals surface area (Å²) in [6.07, 6.45) is 0.408. The van der Waals surface area contributed by atoms with Crippen molar-refractivity contribution in [3.63, 3.8) is 0 Å². The zero-order valence-corrected chi connectivity index (χ0v) is 9.98. The normalized spacial score (nSPS) is 10.5. The van der Waals surface area contributed by atoms with Crippen LogP contribution in [0.3, 0.4) is 0 Å². The van der Waals surface area contributed by atoms with Crippen molar-refractivity contribution >= 4 is 17.1 Å². The van der Waals surface area contributed by atoms with Gasteiger partial charge in [0.05, 0.1) is 4.88 Å². The highest BCUT2D eigenvalue weighted by Crippen LogP contribution is 2.31. The minimum absolute atomic E-state index is 0.0121. The topological polar surface area (TPSA) is 17.1 Å². The summed E-state index contributed by atoms with van der Waals surface area (Å²) < 4.78 is 26.6. The van der Waals surface area contributed by atoms with Crippen LogP contribution in [-0.4, -0.2) is 5.78 Å². The maximum absolute atomic E-state index is 13.5. The molecule has 88 valence electrons. The highest BCUT2D eigenvalue weighted by atomic mass is 32.1. The second kappa shape index (κ2) is 4.75. The lowest BCUT2D eigenvalue weighted by Gasteiger charge is -2.00. The van der Waals surface area contributed by atoms with Crippen LogP contribution >= 0.6 is 11.3 Å². The smallest absolute Gasteiger partial charge is 0.172 e. The average Bonchev–Trinajstić information content (AvgIpc) is 2.81. The van der Waals surface area contributed by atoms with Crippen LogP contribution in [0.2, 0.25) is 0 Å². The number of thiophene rings is 1. The number of rotatable bonds is 3. The van der Waals surface area contributed by atoms with E-state index in [0.717, 1.165) is 6.07 Å². The van der Waals surface area contributed by atoms with Gasteiger partial charge < -0.3 is 0 Å². The third-order valence-electron chi connectivity index (χ3n) is 2.42. The third kappa shape index (κ3) is 2.26. The van der Waals surface area contributed by atoms with E-state index in [1.807, 2.05) is 0 Å². The van der Waals surface area contributed by atoms with Gasteiger partial charge in [-0.05, 0) is 18.2 Å². The van der Waals surface area contributed by atoms with Crippen molar-refractivity contribution in [2.24, 2.45) is 0 Å². The van der Waals surface area contributed by atoms with E-state index in [0.29, 0.717) is 16.2 Å². The fourth-order valence-corrected chi connectivity index (χ4v) is 2.54. The quantitative estimate of drug-likeness (QED) is 0.745. The van der Waals surface area contributed by atoms with Gasteiger partial charge in [0.1, 0.15) is 0 Å². The molecule has 1 nitrogen and oxygen atoms in total. The maximum Gasteiger partial charge on any atom is 0.172 e. The summed E-state index contributed by atoms with van der Waals surface area (Å²) in [5, 5.41) is 0. The van der Waals surface area contributed by atoms with E-state index < -0.39 is 11.6 Å². The molecule has 0 spiro atoms. The molecule has 0 unspecified atom stereocenters. The maximum atomic E-state index is 13.5. The molecule has 0 bridgehead atoms. The molecule has 2 rings (SSSR count). The largest absolute Gasteiger partial charge is 0.293 e. The van der Waals surface area contributed by atoms with Crippen molar-refractivity contribution in [1.29, 1.82) is 0 Å². The fourth-order valence-electron chi connectivity index (χ4n) is 1.50. The first kappa shape index (κ1) is 11.9. The number of carbonyl (C=O) groups is 1. The molecule has 0 amide bonds. The molecule has 0 saturated heterocycles. The fraction of sp³-hybridized carbons (Fsp3) is 0.154. The van der Waals surface area contributed by atoms with E-state index in [9.17, 15) is 13.6 Å². The molecule has 1 aromatic carbocycles. The van der Waals surface area contributed by atoms with E-state index in [4.69, 9.17) is 0 Å². The second-order valence-corrected chi connectivity index (χ2v) is 4.63. The molecule has 0 fully saturated rings. The number of hydrogen-bond donors (Lipinski definition) is 0. The summed E-state index contributed by atoms with van der Waals surface area (Å²) in [6, 6.07) is 7.32.